The second kappa shape index (κ2) is 4.44. The van der Waals surface area contributed by atoms with Crippen molar-refractivity contribution < 1.29 is 9.84 Å². The van der Waals surface area contributed by atoms with Gasteiger partial charge in [-0.15, -0.1) is 6.58 Å². The maximum atomic E-state index is 9.59. The van der Waals surface area contributed by atoms with Crippen molar-refractivity contribution in [2.45, 2.75) is 6.10 Å². The van der Waals surface area contributed by atoms with E-state index in [0.29, 0.717) is 11.3 Å². The Balaban J connectivity index is 3.22. The van der Waals surface area contributed by atoms with Gasteiger partial charge in [0.25, 0.3) is 0 Å². The molecule has 0 amide bonds. The molecule has 1 aromatic rings. The molecule has 13 heavy (non-hydrogen) atoms. The predicted molar refractivity (Wildman–Crippen MR) is 55.9 cm³/mol. The molecule has 70 valence electrons. The highest BCUT2D eigenvalue weighted by Crippen LogP contribution is 2.32. The van der Waals surface area contributed by atoms with E-state index in [1.54, 1.807) is 13.2 Å². The van der Waals surface area contributed by atoms with E-state index in [0.717, 1.165) is 4.47 Å². The lowest BCUT2D eigenvalue weighted by atomic mass is 10.1. The molecule has 0 fully saturated rings. The third-order valence-electron chi connectivity index (χ3n) is 1.75. The van der Waals surface area contributed by atoms with Gasteiger partial charge in [-0.3, -0.25) is 0 Å². The zero-order valence-electron chi connectivity index (χ0n) is 7.33. The van der Waals surface area contributed by atoms with Gasteiger partial charge in [-0.2, -0.15) is 0 Å². The standard InChI is InChI=1S/C10H11BrO2/c1-3-8(12)10-7(11)5-4-6-9(10)13-2/h3-6,8,12H,1H2,2H3. The average Bonchev–Trinajstić information content (AvgIpc) is 2.16. The van der Waals surface area contributed by atoms with Crippen molar-refractivity contribution in [1.29, 1.82) is 0 Å². The van der Waals surface area contributed by atoms with Crippen LogP contribution < -0.4 is 4.74 Å². The van der Waals surface area contributed by atoms with Crippen LogP contribution in [0.5, 0.6) is 5.75 Å². The zero-order valence-corrected chi connectivity index (χ0v) is 8.91. The van der Waals surface area contributed by atoms with Crippen molar-refractivity contribution in [2.75, 3.05) is 7.11 Å². The van der Waals surface area contributed by atoms with E-state index in [4.69, 9.17) is 4.74 Å². The van der Waals surface area contributed by atoms with Gasteiger partial charge in [0.1, 0.15) is 11.9 Å². The Hall–Kier alpha value is -0.800. The summed E-state index contributed by atoms with van der Waals surface area (Å²) in [5.41, 5.74) is 0.708. The molecule has 3 heteroatoms. The van der Waals surface area contributed by atoms with Gasteiger partial charge in [-0.25, -0.2) is 0 Å². The molecule has 1 N–H and O–H groups in total. The summed E-state index contributed by atoms with van der Waals surface area (Å²) in [6.07, 6.45) is 0.758. The van der Waals surface area contributed by atoms with E-state index in [2.05, 4.69) is 22.5 Å². The highest BCUT2D eigenvalue weighted by atomic mass is 79.9. The number of aliphatic hydroxyl groups excluding tert-OH is 1. The Bertz CT molecular complexity index is 310. The van der Waals surface area contributed by atoms with E-state index in [1.165, 1.54) is 6.08 Å². The Labute approximate surface area is 86.0 Å². The minimum Gasteiger partial charge on any atom is -0.496 e. The first-order valence-electron chi connectivity index (χ1n) is 3.83. The highest BCUT2D eigenvalue weighted by Gasteiger charge is 2.12. The number of aliphatic hydroxyl groups is 1. The maximum Gasteiger partial charge on any atom is 0.126 e. The van der Waals surface area contributed by atoms with E-state index in [1.807, 2.05) is 12.1 Å². The van der Waals surface area contributed by atoms with Crippen LogP contribution in [0.2, 0.25) is 0 Å². The molecule has 0 radical (unpaired) electrons. The number of hydrogen-bond acceptors (Lipinski definition) is 2. The van der Waals surface area contributed by atoms with Crippen molar-refractivity contribution in [2.24, 2.45) is 0 Å². The first-order chi connectivity index (χ1) is 6.20. The first kappa shape index (κ1) is 10.3. The Morgan fingerprint density at radius 1 is 1.62 bits per heavy atom. The van der Waals surface area contributed by atoms with Crippen LogP contribution in [0.25, 0.3) is 0 Å². The molecule has 0 saturated carbocycles. The highest BCUT2D eigenvalue weighted by molar-refractivity contribution is 9.10. The summed E-state index contributed by atoms with van der Waals surface area (Å²) >= 11 is 3.34. The fourth-order valence-electron chi connectivity index (χ4n) is 1.10. The van der Waals surface area contributed by atoms with Crippen LogP contribution in [0, 0.1) is 0 Å². The van der Waals surface area contributed by atoms with E-state index in [9.17, 15) is 5.11 Å². The lowest BCUT2D eigenvalue weighted by Crippen LogP contribution is -1.98. The van der Waals surface area contributed by atoms with Crippen LogP contribution in [0.1, 0.15) is 11.7 Å². The van der Waals surface area contributed by atoms with Crippen LogP contribution >= 0.6 is 15.9 Å². The van der Waals surface area contributed by atoms with Gasteiger partial charge in [-0.05, 0) is 12.1 Å². The number of methoxy groups -OCH3 is 1. The lowest BCUT2D eigenvalue weighted by molar-refractivity contribution is 0.222. The van der Waals surface area contributed by atoms with Gasteiger partial charge >= 0.3 is 0 Å². The molecule has 0 aliphatic carbocycles. The van der Waals surface area contributed by atoms with Crippen molar-refractivity contribution in [3.63, 3.8) is 0 Å². The van der Waals surface area contributed by atoms with Gasteiger partial charge in [0.2, 0.25) is 0 Å². The maximum absolute atomic E-state index is 9.59. The van der Waals surface area contributed by atoms with Crippen LogP contribution in [0.4, 0.5) is 0 Å². The fourth-order valence-corrected chi connectivity index (χ4v) is 1.68. The summed E-state index contributed by atoms with van der Waals surface area (Å²) in [5.74, 6) is 0.654. The Morgan fingerprint density at radius 3 is 2.85 bits per heavy atom. The minimum atomic E-state index is -0.703. The normalized spacial score (nSPS) is 12.2. The smallest absolute Gasteiger partial charge is 0.126 e. The monoisotopic (exact) mass is 242 g/mol. The molecular formula is C10H11BrO2. The van der Waals surface area contributed by atoms with Crippen LogP contribution in [0.15, 0.2) is 35.3 Å². The Morgan fingerprint density at radius 2 is 2.31 bits per heavy atom. The number of benzene rings is 1. The van der Waals surface area contributed by atoms with Crippen molar-refractivity contribution >= 4 is 15.9 Å². The van der Waals surface area contributed by atoms with Crippen LogP contribution in [0.3, 0.4) is 0 Å². The molecule has 1 unspecified atom stereocenters. The molecule has 0 saturated heterocycles. The topological polar surface area (TPSA) is 29.5 Å². The van der Waals surface area contributed by atoms with E-state index < -0.39 is 6.10 Å². The van der Waals surface area contributed by atoms with Gasteiger partial charge in [0, 0.05) is 10.0 Å². The molecule has 0 aliphatic rings. The molecule has 1 atom stereocenters. The zero-order chi connectivity index (χ0) is 9.84. The average molecular weight is 243 g/mol. The van der Waals surface area contributed by atoms with Crippen molar-refractivity contribution in [1.82, 2.24) is 0 Å². The molecule has 0 aromatic heterocycles. The predicted octanol–water partition coefficient (Wildman–Crippen LogP) is 2.68. The third kappa shape index (κ3) is 2.11. The number of rotatable bonds is 3. The summed E-state index contributed by atoms with van der Waals surface area (Å²) in [7, 11) is 1.57. The lowest BCUT2D eigenvalue weighted by Gasteiger charge is -2.12. The first-order valence-corrected chi connectivity index (χ1v) is 4.63. The molecule has 1 rings (SSSR count). The molecule has 2 nitrogen and oxygen atoms in total. The third-order valence-corrected chi connectivity index (χ3v) is 2.44. The second-order valence-electron chi connectivity index (χ2n) is 2.54. The summed E-state index contributed by atoms with van der Waals surface area (Å²) in [6.45, 7) is 3.53. The van der Waals surface area contributed by atoms with Crippen LogP contribution in [-0.4, -0.2) is 12.2 Å². The number of ether oxygens (including phenoxy) is 1. The van der Waals surface area contributed by atoms with Crippen molar-refractivity contribution in [3.05, 3.63) is 40.9 Å². The molecule has 0 aliphatic heterocycles. The molecular weight excluding hydrogens is 232 g/mol. The number of hydrogen-bond donors (Lipinski definition) is 1. The SMILES string of the molecule is C=CC(O)c1c(Br)cccc1OC. The summed E-state index contributed by atoms with van der Waals surface area (Å²) in [5, 5.41) is 9.59. The second-order valence-corrected chi connectivity index (χ2v) is 3.39. The quantitative estimate of drug-likeness (QED) is 0.827. The molecule has 0 bridgehead atoms. The Kier molecular flexibility index (Phi) is 3.51. The minimum absolute atomic E-state index is 0.654. The molecule has 0 heterocycles. The number of halogens is 1. The van der Waals surface area contributed by atoms with E-state index in [-0.39, 0.29) is 0 Å². The van der Waals surface area contributed by atoms with Gasteiger partial charge < -0.3 is 9.84 Å². The summed E-state index contributed by atoms with van der Waals surface area (Å²) < 4.78 is 5.93. The fraction of sp³-hybridized carbons (Fsp3) is 0.200. The van der Waals surface area contributed by atoms with Crippen LogP contribution in [-0.2, 0) is 0 Å². The molecule has 1 aromatic carbocycles. The van der Waals surface area contributed by atoms with Gasteiger partial charge in [0.15, 0.2) is 0 Å². The largest absolute Gasteiger partial charge is 0.496 e. The summed E-state index contributed by atoms with van der Waals surface area (Å²) in [6, 6.07) is 5.50. The van der Waals surface area contributed by atoms with Gasteiger partial charge in [0.05, 0.1) is 7.11 Å². The van der Waals surface area contributed by atoms with E-state index >= 15 is 0 Å². The molecule has 0 spiro atoms. The van der Waals surface area contributed by atoms with Gasteiger partial charge in [-0.1, -0.05) is 28.1 Å². The summed E-state index contributed by atoms with van der Waals surface area (Å²) in [4.78, 5) is 0. The van der Waals surface area contributed by atoms with Crippen molar-refractivity contribution in [3.8, 4) is 5.75 Å².